The smallest absolute Gasteiger partial charge is 0.245 e. The topological polar surface area (TPSA) is 96.0 Å². The molecule has 32 heavy (non-hydrogen) atoms. The van der Waals surface area contributed by atoms with E-state index in [4.69, 9.17) is 16.3 Å². The molecule has 4 rings (SSSR count). The Labute approximate surface area is 192 Å². The summed E-state index contributed by atoms with van der Waals surface area (Å²) in [4.78, 5) is 28.9. The number of ether oxygens (including phenoxy) is 1. The highest BCUT2D eigenvalue weighted by molar-refractivity contribution is 7.89. The molecule has 1 N–H and O–H groups in total. The molecule has 2 aliphatic heterocycles. The second kappa shape index (κ2) is 9.35. The summed E-state index contributed by atoms with van der Waals surface area (Å²) in [6.45, 7) is 3.96. The van der Waals surface area contributed by atoms with Gasteiger partial charge in [0.05, 0.1) is 18.1 Å². The molecule has 2 saturated heterocycles. The first-order chi connectivity index (χ1) is 15.3. The van der Waals surface area contributed by atoms with Crippen LogP contribution < -0.4 is 4.72 Å². The first kappa shape index (κ1) is 23.0. The number of sulfonamides is 1. The number of rotatable bonds is 6. The molecule has 0 saturated carbocycles. The Morgan fingerprint density at radius 3 is 2.56 bits per heavy atom. The Morgan fingerprint density at radius 2 is 1.84 bits per heavy atom. The molecular weight excluding hydrogens is 454 g/mol. The molecule has 2 fully saturated rings. The lowest BCUT2D eigenvalue weighted by Crippen LogP contribution is -2.52. The first-order valence-corrected chi connectivity index (χ1v) is 12.6. The monoisotopic (exact) mass is 479 g/mol. The van der Waals surface area contributed by atoms with Crippen LogP contribution in [-0.2, 0) is 30.2 Å². The summed E-state index contributed by atoms with van der Waals surface area (Å²) >= 11 is 5.87. The van der Waals surface area contributed by atoms with Gasteiger partial charge in [-0.25, -0.2) is 8.42 Å². The van der Waals surface area contributed by atoms with Crippen molar-refractivity contribution in [2.24, 2.45) is 0 Å². The molecule has 0 bridgehead atoms. The van der Waals surface area contributed by atoms with Crippen LogP contribution in [0.5, 0.6) is 0 Å². The Kier molecular flexibility index (Phi) is 6.71. The average molecular weight is 480 g/mol. The van der Waals surface area contributed by atoms with Gasteiger partial charge >= 0.3 is 0 Å². The average Bonchev–Trinajstić information content (AvgIpc) is 3.17. The molecule has 2 aromatic carbocycles. The van der Waals surface area contributed by atoms with Gasteiger partial charge in [0.2, 0.25) is 21.8 Å². The normalized spacial score (nSPS) is 20.7. The second-order valence-corrected chi connectivity index (χ2v) is 10.1. The van der Waals surface area contributed by atoms with Crippen LogP contribution in [0, 0.1) is 0 Å². The highest BCUT2D eigenvalue weighted by Crippen LogP contribution is 2.23. The van der Waals surface area contributed by atoms with Gasteiger partial charge in [-0.1, -0.05) is 18.2 Å². The minimum absolute atomic E-state index is 0.0901. The third-order valence-electron chi connectivity index (χ3n) is 6.03. The predicted octanol–water partition coefficient (Wildman–Crippen LogP) is 1.71. The quantitative estimate of drug-likeness (QED) is 0.636. The molecule has 0 radical (unpaired) electrons. The van der Waals surface area contributed by atoms with Crippen LogP contribution in [0.2, 0.25) is 0 Å². The highest BCUT2D eigenvalue weighted by atomic mass is 35.5. The number of amides is 2. The number of hydrogen-bond acceptors (Lipinski definition) is 5. The number of halogens is 1. The van der Waals surface area contributed by atoms with Crippen LogP contribution in [0.25, 0.3) is 10.8 Å². The van der Waals surface area contributed by atoms with Gasteiger partial charge in [-0.2, -0.15) is 4.72 Å². The molecule has 0 aromatic heterocycles. The van der Waals surface area contributed by atoms with E-state index in [9.17, 15) is 18.0 Å². The van der Waals surface area contributed by atoms with Crippen LogP contribution in [0.4, 0.5) is 0 Å². The van der Waals surface area contributed by atoms with Gasteiger partial charge in [0.15, 0.2) is 0 Å². The third-order valence-corrected chi connectivity index (χ3v) is 7.80. The number of alkyl halides is 1. The molecule has 0 spiro atoms. The fourth-order valence-electron chi connectivity index (χ4n) is 4.16. The third kappa shape index (κ3) is 4.61. The van der Waals surface area contributed by atoms with Gasteiger partial charge in [0, 0.05) is 25.5 Å². The SMILES string of the molecule is CC(C(=O)N1CCOCC1)N1CCC(NS(=O)(=O)c2ccc3cc(CCl)ccc3c2)C1=O. The van der Waals surface area contributed by atoms with Crippen LogP contribution >= 0.6 is 11.6 Å². The van der Waals surface area contributed by atoms with Gasteiger partial charge < -0.3 is 14.5 Å². The zero-order valence-corrected chi connectivity index (χ0v) is 19.4. The van der Waals surface area contributed by atoms with E-state index in [2.05, 4.69) is 4.72 Å². The number of hydrogen-bond donors (Lipinski definition) is 1. The number of carbonyl (C=O) groups excluding carboxylic acids is 2. The number of fused-ring (bicyclic) bond motifs is 1. The predicted molar refractivity (Wildman–Crippen MR) is 121 cm³/mol. The number of nitrogens with one attached hydrogen (secondary N) is 1. The minimum Gasteiger partial charge on any atom is -0.378 e. The fraction of sp³-hybridized carbons (Fsp3) is 0.455. The lowest BCUT2D eigenvalue weighted by Gasteiger charge is -2.32. The summed E-state index contributed by atoms with van der Waals surface area (Å²) in [6, 6.07) is 8.88. The lowest BCUT2D eigenvalue weighted by atomic mass is 10.1. The molecule has 2 aromatic rings. The minimum atomic E-state index is -3.91. The summed E-state index contributed by atoms with van der Waals surface area (Å²) in [5, 5.41) is 1.66. The van der Waals surface area contributed by atoms with Gasteiger partial charge in [-0.05, 0) is 47.9 Å². The fourth-order valence-corrected chi connectivity index (χ4v) is 5.58. The van der Waals surface area contributed by atoms with Crippen LogP contribution in [0.15, 0.2) is 41.3 Å². The summed E-state index contributed by atoms with van der Waals surface area (Å²) in [6.07, 6.45) is 0.311. The van der Waals surface area contributed by atoms with Gasteiger partial charge in [-0.15, -0.1) is 11.6 Å². The van der Waals surface area contributed by atoms with E-state index < -0.39 is 22.1 Å². The Hall–Kier alpha value is -2.20. The van der Waals surface area contributed by atoms with E-state index in [1.54, 1.807) is 24.0 Å². The summed E-state index contributed by atoms with van der Waals surface area (Å²) in [5.41, 5.74) is 0.949. The van der Waals surface area contributed by atoms with Gasteiger partial charge in [-0.3, -0.25) is 9.59 Å². The van der Waals surface area contributed by atoms with Gasteiger partial charge in [0.1, 0.15) is 12.1 Å². The van der Waals surface area contributed by atoms with Crippen molar-refractivity contribution in [1.29, 1.82) is 0 Å². The molecule has 2 atom stereocenters. The summed E-state index contributed by atoms with van der Waals surface area (Å²) < 4.78 is 33.7. The highest BCUT2D eigenvalue weighted by Gasteiger charge is 2.40. The number of morpholine rings is 1. The first-order valence-electron chi connectivity index (χ1n) is 10.6. The zero-order valence-electron chi connectivity index (χ0n) is 17.8. The Bertz CT molecular complexity index is 1130. The maximum absolute atomic E-state index is 13.0. The molecule has 2 aliphatic rings. The molecule has 172 valence electrons. The Balaban J connectivity index is 1.46. The lowest BCUT2D eigenvalue weighted by molar-refractivity contribution is -0.146. The second-order valence-electron chi connectivity index (χ2n) is 8.08. The molecular formula is C22H26ClN3O5S. The van der Waals surface area contributed by atoms with E-state index in [1.807, 2.05) is 18.2 Å². The number of nitrogens with zero attached hydrogens (tertiary/aromatic N) is 2. The van der Waals surface area contributed by atoms with Crippen molar-refractivity contribution in [3.05, 3.63) is 42.0 Å². The Morgan fingerprint density at radius 1 is 1.16 bits per heavy atom. The molecule has 10 heteroatoms. The number of carbonyl (C=O) groups is 2. The zero-order chi connectivity index (χ0) is 22.9. The van der Waals surface area contributed by atoms with Crippen molar-refractivity contribution < 1.29 is 22.7 Å². The van der Waals surface area contributed by atoms with Crippen LogP contribution in [0.1, 0.15) is 18.9 Å². The maximum atomic E-state index is 13.0. The van der Waals surface area contributed by atoms with Crippen molar-refractivity contribution in [2.45, 2.75) is 36.2 Å². The molecule has 2 amide bonds. The molecule has 2 unspecified atom stereocenters. The molecule has 2 heterocycles. The van der Waals surface area contributed by atoms with Crippen LogP contribution in [-0.4, -0.2) is 75.0 Å². The summed E-state index contributed by atoms with van der Waals surface area (Å²) in [7, 11) is -3.91. The van der Waals surface area contributed by atoms with E-state index in [-0.39, 0.29) is 16.7 Å². The summed E-state index contributed by atoms with van der Waals surface area (Å²) in [5.74, 6) is -0.143. The van der Waals surface area contributed by atoms with Crippen molar-refractivity contribution in [1.82, 2.24) is 14.5 Å². The van der Waals surface area contributed by atoms with Crippen molar-refractivity contribution in [2.75, 3.05) is 32.8 Å². The standard InChI is InChI=1S/C22H26ClN3O5S/c1-15(21(27)25-8-10-31-11-9-25)26-7-6-20(22(26)28)24-32(29,30)19-5-4-17-12-16(14-23)2-3-18(17)13-19/h2-5,12-13,15,20,24H,6-11,14H2,1H3. The maximum Gasteiger partial charge on any atom is 0.245 e. The van der Waals surface area contributed by atoms with E-state index in [1.165, 1.54) is 11.0 Å². The van der Waals surface area contributed by atoms with Crippen molar-refractivity contribution in [3.8, 4) is 0 Å². The molecule has 8 nitrogen and oxygen atoms in total. The van der Waals surface area contributed by atoms with Gasteiger partial charge in [0.25, 0.3) is 0 Å². The van der Waals surface area contributed by atoms with Crippen molar-refractivity contribution >= 4 is 44.2 Å². The van der Waals surface area contributed by atoms with E-state index in [0.717, 1.165) is 16.3 Å². The number of benzene rings is 2. The number of likely N-dealkylation sites (tertiary alicyclic amines) is 1. The van der Waals surface area contributed by atoms with Crippen molar-refractivity contribution in [3.63, 3.8) is 0 Å². The van der Waals surface area contributed by atoms with Crippen LogP contribution in [0.3, 0.4) is 0 Å². The largest absolute Gasteiger partial charge is 0.378 e. The van der Waals surface area contributed by atoms with E-state index in [0.29, 0.717) is 45.1 Å². The molecule has 0 aliphatic carbocycles. The van der Waals surface area contributed by atoms with E-state index >= 15 is 0 Å².